The SMILES string of the molecule is COc1ccc(N2C(=O)[C@H]3[C@H](C2=O)[C@H](C(=O)c2ccc(OC(C)=O)cc2)N2C=Cc4ccccc4[C@H]32)cc1. The minimum Gasteiger partial charge on any atom is -0.497 e. The monoisotopic (exact) mass is 508 g/mol. The average molecular weight is 509 g/mol. The molecular weight excluding hydrogens is 484 g/mol. The Labute approximate surface area is 219 Å². The van der Waals surface area contributed by atoms with Crippen LogP contribution < -0.4 is 14.4 Å². The molecule has 0 aromatic heterocycles. The van der Waals surface area contributed by atoms with Crippen LogP contribution >= 0.6 is 0 Å². The molecule has 2 amide bonds. The van der Waals surface area contributed by atoms with Crippen LogP contribution in [-0.4, -0.2) is 41.6 Å². The summed E-state index contributed by atoms with van der Waals surface area (Å²) < 4.78 is 10.3. The van der Waals surface area contributed by atoms with Gasteiger partial charge in [0.1, 0.15) is 17.5 Å². The number of rotatable bonds is 5. The maximum absolute atomic E-state index is 14.0. The fourth-order valence-corrected chi connectivity index (χ4v) is 5.87. The zero-order chi connectivity index (χ0) is 26.6. The van der Waals surface area contributed by atoms with Crippen molar-refractivity contribution in [2.45, 2.75) is 19.0 Å². The molecule has 0 saturated carbocycles. The van der Waals surface area contributed by atoms with Crippen LogP contribution in [0.5, 0.6) is 11.5 Å². The fourth-order valence-electron chi connectivity index (χ4n) is 5.87. The van der Waals surface area contributed by atoms with Crippen LogP contribution in [0.25, 0.3) is 6.08 Å². The minimum atomic E-state index is -0.881. The Kier molecular flexibility index (Phi) is 5.60. The Morgan fingerprint density at radius 3 is 2.16 bits per heavy atom. The number of esters is 1. The topological polar surface area (TPSA) is 93.2 Å². The number of ether oxygens (including phenoxy) is 2. The second kappa shape index (κ2) is 8.99. The maximum Gasteiger partial charge on any atom is 0.308 e. The summed E-state index contributed by atoms with van der Waals surface area (Å²) in [4.78, 5) is 56.2. The van der Waals surface area contributed by atoms with Crippen molar-refractivity contribution in [2.24, 2.45) is 11.8 Å². The molecule has 0 N–H and O–H groups in total. The highest BCUT2D eigenvalue weighted by Gasteiger charge is 2.64. The van der Waals surface area contributed by atoms with Crippen molar-refractivity contribution >= 4 is 35.3 Å². The lowest BCUT2D eigenvalue weighted by atomic mass is 9.83. The molecule has 4 atom stereocenters. The summed E-state index contributed by atoms with van der Waals surface area (Å²) in [5.74, 6) is -2.14. The summed E-state index contributed by atoms with van der Waals surface area (Å²) in [6.07, 6.45) is 3.73. The summed E-state index contributed by atoms with van der Waals surface area (Å²) in [6, 6.07) is 19.4. The lowest BCUT2D eigenvalue weighted by molar-refractivity contribution is -0.132. The van der Waals surface area contributed by atoms with E-state index in [1.165, 1.54) is 11.8 Å². The highest BCUT2D eigenvalue weighted by molar-refractivity contribution is 6.24. The summed E-state index contributed by atoms with van der Waals surface area (Å²) in [6.45, 7) is 1.30. The number of nitrogens with zero attached hydrogens (tertiary/aromatic N) is 2. The molecule has 3 heterocycles. The van der Waals surface area contributed by atoms with E-state index in [0.29, 0.717) is 22.7 Å². The van der Waals surface area contributed by atoms with Gasteiger partial charge in [0.2, 0.25) is 11.8 Å². The molecule has 8 nitrogen and oxygen atoms in total. The summed E-state index contributed by atoms with van der Waals surface area (Å²) in [5, 5.41) is 0. The van der Waals surface area contributed by atoms with Gasteiger partial charge in [0.15, 0.2) is 5.78 Å². The van der Waals surface area contributed by atoms with Crippen molar-refractivity contribution < 1.29 is 28.7 Å². The Bertz CT molecular complexity index is 1490. The summed E-state index contributed by atoms with van der Waals surface area (Å²) in [5.41, 5.74) is 2.66. The molecular formula is C30H24N2O6. The third kappa shape index (κ3) is 3.60. The number of hydrogen-bond acceptors (Lipinski definition) is 7. The van der Waals surface area contributed by atoms with E-state index in [1.807, 2.05) is 41.4 Å². The molecule has 0 bridgehead atoms. The number of ketones is 1. The van der Waals surface area contributed by atoms with Gasteiger partial charge in [-0.1, -0.05) is 24.3 Å². The summed E-state index contributed by atoms with van der Waals surface area (Å²) >= 11 is 0. The zero-order valence-corrected chi connectivity index (χ0v) is 20.7. The number of amides is 2. The number of carbonyl (C=O) groups excluding carboxylic acids is 4. The van der Waals surface area contributed by atoms with Crippen molar-refractivity contribution in [1.82, 2.24) is 4.90 Å². The minimum absolute atomic E-state index is 0.279. The summed E-state index contributed by atoms with van der Waals surface area (Å²) in [7, 11) is 1.54. The predicted molar refractivity (Wildman–Crippen MR) is 138 cm³/mol. The fraction of sp³-hybridized carbons (Fsp3) is 0.200. The van der Waals surface area contributed by atoms with Gasteiger partial charge in [0.25, 0.3) is 0 Å². The zero-order valence-electron chi connectivity index (χ0n) is 20.7. The molecule has 190 valence electrons. The first-order valence-corrected chi connectivity index (χ1v) is 12.3. The van der Waals surface area contributed by atoms with E-state index < -0.39 is 35.8 Å². The highest BCUT2D eigenvalue weighted by Crippen LogP contribution is 2.53. The predicted octanol–water partition coefficient (Wildman–Crippen LogP) is 4.02. The number of benzene rings is 3. The number of fused-ring (bicyclic) bond motifs is 5. The van der Waals surface area contributed by atoms with E-state index >= 15 is 0 Å². The number of methoxy groups -OCH3 is 1. The van der Waals surface area contributed by atoms with Crippen molar-refractivity contribution in [3.8, 4) is 11.5 Å². The molecule has 0 spiro atoms. The first kappa shape index (κ1) is 23.7. The largest absolute Gasteiger partial charge is 0.497 e. The standard InChI is InChI=1S/C30H24N2O6/c1-17(33)38-22-11-7-19(8-12-22)28(34)27-25-24(26-23-6-4-3-5-18(23)15-16-31(26)27)29(35)32(30(25)36)20-9-13-21(37-2)14-10-20/h3-16,24-27H,1-2H3/t24-,25-,26+,27+/m0/s1. The molecule has 3 aliphatic heterocycles. The molecule has 8 heteroatoms. The second-order valence-electron chi connectivity index (χ2n) is 9.53. The van der Waals surface area contributed by atoms with Gasteiger partial charge in [-0.2, -0.15) is 0 Å². The Morgan fingerprint density at radius 1 is 0.816 bits per heavy atom. The lowest BCUT2D eigenvalue weighted by Gasteiger charge is -2.35. The number of hydrogen-bond donors (Lipinski definition) is 0. The lowest BCUT2D eigenvalue weighted by Crippen LogP contribution is -2.44. The van der Waals surface area contributed by atoms with Gasteiger partial charge in [-0.25, -0.2) is 4.90 Å². The Morgan fingerprint density at radius 2 is 1.47 bits per heavy atom. The maximum atomic E-state index is 14.0. The van der Waals surface area contributed by atoms with E-state index in [-0.39, 0.29) is 11.7 Å². The normalized spacial score (nSPS) is 23.1. The first-order valence-electron chi connectivity index (χ1n) is 12.3. The van der Waals surface area contributed by atoms with Crippen molar-refractivity contribution in [3.05, 3.63) is 95.7 Å². The third-order valence-electron chi connectivity index (χ3n) is 7.46. The van der Waals surface area contributed by atoms with E-state index in [0.717, 1.165) is 11.1 Å². The smallest absolute Gasteiger partial charge is 0.308 e. The van der Waals surface area contributed by atoms with Crippen molar-refractivity contribution in [1.29, 1.82) is 0 Å². The van der Waals surface area contributed by atoms with Crippen LogP contribution in [0, 0.1) is 11.8 Å². The molecule has 3 aromatic carbocycles. The third-order valence-corrected chi connectivity index (χ3v) is 7.46. The molecule has 0 radical (unpaired) electrons. The molecule has 3 aliphatic rings. The van der Waals surface area contributed by atoms with Gasteiger partial charge in [-0.15, -0.1) is 0 Å². The van der Waals surface area contributed by atoms with E-state index in [4.69, 9.17) is 9.47 Å². The molecule has 0 unspecified atom stereocenters. The van der Waals surface area contributed by atoms with Crippen LogP contribution in [0.4, 0.5) is 5.69 Å². The van der Waals surface area contributed by atoms with Gasteiger partial charge in [0.05, 0.1) is 30.7 Å². The highest BCUT2D eigenvalue weighted by atomic mass is 16.5. The van der Waals surface area contributed by atoms with E-state index in [9.17, 15) is 19.2 Å². The molecule has 3 aromatic rings. The average Bonchev–Trinajstić information content (AvgIpc) is 3.40. The first-order chi connectivity index (χ1) is 18.4. The second-order valence-corrected chi connectivity index (χ2v) is 9.53. The number of imide groups is 1. The van der Waals surface area contributed by atoms with Gasteiger partial charge in [-0.3, -0.25) is 19.2 Å². The number of carbonyl (C=O) groups is 4. The molecule has 0 aliphatic carbocycles. The Hall–Kier alpha value is -4.72. The van der Waals surface area contributed by atoms with Gasteiger partial charge in [0, 0.05) is 18.7 Å². The van der Waals surface area contributed by atoms with E-state index in [2.05, 4.69) is 0 Å². The van der Waals surface area contributed by atoms with Crippen molar-refractivity contribution in [2.75, 3.05) is 12.0 Å². The molecule has 2 fully saturated rings. The van der Waals surface area contributed by atoms with Crippen LogP contribution in [0.2, 0.25) is 0 Å². The van der Waals surface area contributed by atoms with Crippen LogP contribution in [-0.2, 0) is 14.4 Å². The molecule has 38 heavy (non-hydrogen) atoms. The number of anilines is 1. The van der Waals surface area contributed by atoms with Crippen LogP contribution in [0.3, 0.4) is 0 Å². The van der Waals surface area contributed by atoms with Gasteiger partial charge >= 0.3 is 5.97 Å². The van der Waals surface area contributed by atoms with Crippen LogP contribution in [0.15, 0.2) is 79.0 Å². The number of Topliss-reactive ketones (excluding diaryl/α,β-unsaturated/α-hetero) is 1. The van der Waals surface area contributed by atoms with E-state index in [1.54, 1.807) is 55.6 Å². The molecule has 2 saturated heterocycles. The van der Waals surface area contributed by atoms with Crippen molar-refractivity contribution in [3.63, 3.8) is 0 Å². The van der Waals surface area contributed by atoms with Crippen LogP contribution in [0.1, 0.15) is 34.5 Å². The Balaban J connectivity index is 1.43. The van der Waals surface area contributed by atoms with Gasteiger partial charge < -0.3 is 14.4 Å². The quantitative estimate of drug-likeness (QED) is 0.222. The molecule has 6 rings (SSSR count). The van der Waals surface area contributed by atoms with Gasteiger partial charge in [-0.05, 0) is 65.7 Å².